The summed E-state index contributed by atoms with van der Waals surface area (Å²) in [6, 6.07) is 7.94. The number of likely N-dealkylation sites (tertiary alicyclic amines) is 1. The van der Waals surface area contributed by atoms with Gasteiger partial charge in [-0.25, -0.2) is 14.8 Å². The molecule has 0 spiro atoms. The summed E-state index contributed by atoms with van der Waals surface area (Å²) in [5, 5.41) is 3.05. The Kier molecular flexibility index (Phi) is 6.77. The van der Waals surface area contributed by atoms with E-state index in [2.05, 4.69) is 15.3 Å². The average molecular weight is 401 g/mol. The SMILES string of the molecule is CNc1nc2ccccc2nc1OCCCC1CCCCN1C(=O)OC(C)(C)C. The minimum absolute atomic E-state index is 0.202. The number of carbonyl (C=O) groups is 1. The van der Waals surface area contributed by atoms with Crippen LogP contribution in [0.3, 0.4) is 0 Å². The molecule has 1 aliphatic heterocycles. The molecule has 7 nitrogen and oxygen atoms in total. The van der Waals surface area contributed by atoms with Gasteiger partial charge in [0.05, 0.1) is 17.6 Å². The molecule has 1 amide bonds. The van der Waals surface area contributed by atoms with Crippen molar-refractivity contribution < 1.29 is 14.3 Å². The van der Waals surface area contributed by atoms with Crippen LogP contribution in [0.5, 0.6) is 5.88 Å². The smallest absolute Gasteiger partial charge is 0.410 e. The van der Waals surface area contributed by atoms with Crippen molar-refractivity contribution in [1.29, 1.82) is 0 Å². The fourth-order valence-electron chi connectivity index (χ4n) is 3.60. The van der Waals surface area contributed by atoms with Gasteiger partial charge in [-0.05, 0) is 65.0 Å². The van der Waals surface area contributed by atoms with E-state index in [0.29, 0.717) is 18.3 Å². The normalized spacial score (nSPS) is 17.2. The summed E-state index contributed by atoms with van der Waals surface area (Å²) >= 11 is 0. The number of rotatable bonds is 6. The number of piperidine rings is 1. The molecule has 1 aromatic heterocycles. The molecule has 2 heterocycles. The maximum absolute atomic E-state index is 12.5. The van der Waals surface area contributed by atoms with Gasteiger partial charge in [0.1, 0.15) is 5.60 Å². The Bertz CT molecular complexity index is 834. The monoisotopic (exact) mass is 400 g/mol. The molecule has 1 saturated heterocycles. The third kappa shape index (κ3) is 5.71. The van der Waals surface area contributed by atoms with E-state index in [4.69, 9.17) is 9.47 Å². The highest BCUT2D eigenvalue weighted by atomic mass is 16.6. The molecule has 158 valence electrons. The van der Waals surface area contributed by atoms with Crippen molar-refractivity contribution in [3.05, 3.63) is 24.3 Å². The van der Waals surface area contributed by atoms with Crippen molar-refractivity contribution in [2.75, 3.05) is 25.5 Å². The summed E-state index contributed by atoms with van der Waals surface area (Å²) < 4.78 is 11.5. The predicted molar refractivity (Wildman–Crippen MR) is 114 cm³/mol. The molecule has 1 fully saturated rings. The lowest BCUT2D eigenvalue weighted by Gasteiger charge is -2.36. The number of nitrogens with zero attached hydrogens (tertiary/aromatic N) is 3. The number of para-hydroxylation sites is 2. The molecule has 1 unspecified atom stereocenters. The summed E-state index contributed by atoms with van der Waals surface area (Å²) in [7, 11) is 1.81. The third-order valence-corrected chi connectivity index (χ3v) is 4.95. The van der Waals surface area contributed by atoms with Crippen LogP contribution in [0.1, 0.15) is 52.9 Å². The average Bonchev–Trinajstić information content (AvgIpc) is 2.69. The molecule has 0 saturated carbocycles. The van der Waals surface area contributed by atoms with E-state index in [-0.39, 0.29) is 12.1 Å². The van der Waals surface area contributed by atoms with E-state index in [0.717, 1.165) is 49.7 Å². The van der Waals surface area contributed by atoms with Gasteiger partial charge in [-0.3, -0.25) is 0 Å². The highest BCUT2D eigenvalue weighted by molar-refractivity contribution is 5.77. The highest BCUT2D eigenvalue weighted by Crippen LogP contribution is 2.25. The lowest BCUT2D eigenvalue weighted by atomic mass is 9.98. The Morgan fingerprint density at radius 2 is 1.93 bits per heavy atom. The zero-order valence-corrected chi connectivity index (χ0v) is 17.9. The lowest BCUT2D eigenvalue weighted by molar-refractivity contribution is 0.00822. The first kappa shape index (κ1) is 21.1. The van der Waals surface area contributed by atoms with Gasteiger partial charge in [-0.1, -0.05) is 12.1 Å². The Balaban J connectivity index is 1.56. The molecule has 1 N–H and O–H groups in total. The third-order valence-electron chi connectivity index (χ3n) is 4.95. The van der Waals surface area contributed by atoms with Gasteiger partial charge in [-0.15, -0.1) is 0 Å². The zero-order valence-electron chi connectivity index (χ0n) is 17.9. The lowest BCUT2D eigenvalue weighted by Crippen LogP contribution is -2.46. The van der Waals surface area contributed by atoms with Crippen molar-refractivity contribution in [3.8, 4) is 5.88 Å². The predicted octanol–water partition coefficient (Wildman–Crippen LogP) is 4.62. The Hall–Kier alpha value is -2.57. The van der Waals surface area contributed by atoms with E-state index < -0.39 is 5.60 Å². The summed E-state index contributed by atoms with van der Waals surface area (Å²) in [5.74, 6) is 1.15. The molecule has 7 heteroatoms. The number of carbonyl (C=O) groups excluding carboxylic acids is 1. The number of nitrogens with one attached hydrogen (secondary N) is 1. The molecule has 0 aliphatic carbocycles. The molecule has 0 radical (unpaired) electrons. The van der Waals surface area contributed by atoms with E-state index in [1.54, 1.807) is 0 Å². The van der Waals surface area contributed by atoms with Gasteiger partial charge >= 0.3 is 6.09 Å². The van der Waals surface area contributed by atoms with Crippen LogP contribution < -0.4 is 10.1 Å². The van der Waals surface area contributed by atoms with E-state index in [1.807, 2.05) is 57.0 Å². The quantitative estimate of drug-likeness (QED) is 0.713. The van der Waals surface area contributed by atoms with Crippen LogP contribution in [0, 0.1) is 0 Å². The Morgan fingerprint density at radius 3 is 2.62 bits per heavy atom. The molecule has 29 heavy (non-hydrogen) atoms. The number of benzene rings is 1. The molecular weight excluding hydrogens is 368 g/mol. The van der Waals surface area contributed by atoms with Gasteiger partial charge in [0.25, 0.3) is 5.88 Å². The Morgan fingerprint density at radius 1 is 1.21 bits per heavy atom. The van der Waals surface area contributed by atoms with Gasteiger partial charge in [0.15, 0.2) is 5.82 Å². The number of ether oxygens (including phenoxy) is 2. The molecule has 1 aromatic carbocycles. The van der Waals surface area contributed by atoms with Crippen LogP contribution in [-0.4, -0.2) is 52.8 Å². The van der Waals surface area contributed by atoms with Crippen LogP contribution in [0.25, 0.3) is 11.0 Å². The van der Waals surface area contributed by atoms with Crippen molar-refractivity contribution in [1.82, 2.24) is 14.9 Å². The van der Waals surface area contributed by atoms with E-state index in [1.165, 1.54) is 0 Å². The first-order chi connectivity index (χ1) is 13.9. The second-order valence-corrected chi connectivity index (χ2v) is 8.43. The number of hydrogen-bond acceptors (Lipinski definition) is 6. The van der Waals surface area contributed by atoms with Crippen LogP contribution >= 0.6 is 0 Å². The van der Waals surface area contributed by atoms with E-state index in [9.17, 15) is 4.79 Å². The van der Waals surface area contributed by atoms with Crippen LogP contribution in [0.4, 0.5) is 10.6 Å². The maximum Gasteiger partial charge on any atom is 0.410 e. The van der Waals surface area contributed by atoms with E-state index >= 15 is 0 Å². The topological polar surface area (TPSA) is 76.6 Å². The summed E-state index contributed by atoms with van der Waals surface area (Å²) in [5.41, 5.74) is 1.17. The van der Waals surface area contributed by atoms with Gasteiger partial charge in [0, 0.05) is 19.6 Å². The molecule has 1 aliphatic rings. The largest absolute Gasteiger partial charge is 0.475 e. The summed E-state index contributed by atoms with van der Waals surface area (Å²) in [6.45, 7) is 7.01. The van der Waals surface area contributed by atoms with Crippen molar-refractivity contribution >= 4 is 22.9 Å². The first-order valence-electron chi connectivity index (χ1n) is 10.4. The maximum atomic E-state index is 12.5. The highest BCUT2D eigenvalue weighted by Gasteiger charge is 2.30. The Labute approximate surface area is 172 Å². The van der Waals surface area contributed by atoms with Gasteiger partial charge in [-0.2, -0.15) is 0 Å². The fourth-order valence-corrected chi connectivity index (χ4v) is 3.60. The van der Waals surface area contributed by atoms with Crippen LogP contribution in [-0.2, 0) is 4.74 Å². The van der Waals surface area contributed by atoms with Crippen molar-refractivity contribution in [2.24, 2.45) is 0 Å². The second-order valence-electron chi connectivity index (χ2n) is 8.43. The van der Waals surface area contributed by atoms with Crippen molar-refractivity contribution in [2.45, 2.75) is 64.5 Å². The number of hydrogen-bond donors (Lipinski definition) is 1. The van der Waals surface area contributed by atoms with Crippen molar-refractivity contribution in [3.63, 3.8) is 0 Å². The molecule has 2 aromatic rings. The molecular formula is C22H32N4O3. The van der Waals surface area contributed by atoms with Gasteiger partial charge < -0.3 is 19.7 Å². The molecule has 0 bridgehead atoms. The minimum atomic E-state index is -0.472. The second kappa shape index (κ2) is 9.29. The molecule has 1 atom stereocenters. The summed E-state index contributed by atoms with van der Waals surface area (Å²) in [4.78, 5) is 23.6. The number of amides is 1. The standard InChI is InChI=1S/C22H32N4O3/c1-22(2,3)29-21(27)26-14-8-7-10-16(26)11-9-15-28-20-19(23-4)24-17-12-5-6-13-18(17)25-20/h5-6,12-13,16H,7-11,14-15H2,1-4H3,(H,23,24). The number of fused-ring (bicyclic) bond motifs is 1. The zero-order chi connectivity index (χ0) is 20.9. The number of aromatic nitrogens is 2. The fraction of sp³-hybridized carbons (Fsp3) is 0.591. The van der Waals surface area contributed by atoms with Crippen LogP contribution in [0.2, 0.25) is 0 Å². The molecule has 3 rings (SSSR count). The number of anilines is 1. The minimum Gasteiger partial charge on any atom is -0.475 e. The van der Waals surface area contributed by atoms with Gasteiger partial charge in [0.2, 0.25) is 0 Å². The summed E-state index contributed by atoms with van der Waals surface area (Å²) in [6.07, 6.45) is 4.70. The van der Waals surface area contributed by atoms with Crippen LogP contribution in [0.15, 0.2) is 24.3 Å². The first-order valence-corrected chi connectivity index (χ1v) is 10.4.